The SMILES string of the molecule is CC(C)c1ccc2c(c1)OCC(=O)N2C(C)C. The molecule has 1 heterocycles. The van der Waals surface area contributed by atoms with Crippen LogP contribution in [0.25, 0.3) is 0 Å². The van der Waals surface area contributed by atoms with Crippen LogP contribution in [0.1, 0.15) is 39.2 Å². The molecular formula is C14H19NO2. The van der Waals surface area contributed by atoms with E-state index in [2.05, 4.69) is 19.9 Å². The third-order valence-electron chi connectivity index (χ3n) is 3.05. The zero-order valence-electron chi connectivity index (χ0n) is 10.9. The molecule has 0 atom stereocenters. The van der Waals surface area contributed by atoms with Crippen LogP contribution in [0.15, 0.2) is 18.2 Å². The summed E-state index contributed by atoms with van der Waals surface area (Å²) in [7, 11) is 0. The summed E-state index contributed by atoms with van der Waals surface area (Å²) in [5, 5.41) is 0. The number of amides is 1. The first-order valence-electron chi connectivity index (χ1n) is 6.09. The smallest absolute Gasteiger partial charge is 0.265 e. The van der Waals surface area contributed by atoms with Crippen LogP contribution in [0, 0.1) is 0 Å². The van der Waals surface area contributed by atoms with Crippen LogP contribution < -0.4 is 9.64 Å². The normalized spacial score (nSPS) is 15.2. The van der Waals surface area contributed by atoms with Crippen molar-refractivity contribution >= 4 is 11.6 Å². The maximum Gasteiger partial charge on any atom is 0.265 e. The highest BCUT2D eigenvalue weighted by Crippen LogP contribution is 2.35. The Balaban J connectivity index is 2.44. The Hall–Kier alpha value is -1.51. The quantitative estimate of drug-likeness (QED) is 0.786. The maximum absolute atomic E-state index is 11.8. The molecule has 1 amide bonds. The van der Waals surface area contributed by atoms with Crippen molar-refractivity contribution in [3.8, 4) is 5.75 Å². The standard InChI is InChI=1S/C14H19NO2/c1-9(2)11-5-6-12-13(7-11)17-8-14(16)15(12)10(3)4/h5-7,9-10H,8H2,1-4H3. The lowest BCUT2D eigenvalue weighted by molar-refractivity contribution is -0.121. The Morgan fingerprint density at radius 1 is 1.24 bits per heavy atom. The molecule has 0 aromatic heterocycles. The first-order valence-corrected chi connectivity index (χ1v) is 6.09. The molecule has 0 spiro atoms. The molecule has 0 saturated carbocycles. The predicted octanol–water partition coefficient (Wildman–Crippen LogP) is 2.94. The number of carbonyl (C=O) groups is 1. The van der Waals surface area contributed by atoms with Gasteiger partial charge in [0, 0.05) is 6.04 Å². The second kappa shape index (κ2) is 4.40. The third-order valence-corrected chi connectivity index (χ3v) is 3.05. The third kappa shape index (κ3) is 2.14. The minimum atomic E-state index is 0.0322. The number of rotatable bonds is 2. The Morgan fingerprint density at radius 2 is 1.94 bits per heavy atom. The molecule has 1 aromatic carbocycles. The average Bonchev–Trinajstić information content (AvgIpc) is 2.27. The van der Waals surface area contributed by atoms with Crippen molar-refractivity contribution in [2.75, 3.05) is 11.5 Å². The average molecular weight is 233 g/mol. The zero-order chi connectivity index (χ0) is 12.6. The van der Waals surface area contributed by atoms with Crippen molar-refractivity contribution in [1.29, 1.82) is 0 Å². The topological polar surface area (TPSA) is 29.5 Å². The van der Waals surface area contributed by atoms with Gasteiger partial charge in [0.1, 0.15) is 5.75 Å². The van der Waals surface area contributed by atoms with Crippen LogP contribution in [0.5, 0.6) is 5.75 Å². The van der Waals surface area contributed by atoms with Gasteiger partial charge in [-0.3, -0.25) is 4.79 Å². The lowest BCUT2D eigenvalue weighted by Crippen LogP contribution is -2.43. The summed E-state index contributed by atoms with van der Waals surface area (Å²) in [5.41, 5.74) is 2.13. The summed E-state index contributed by atoms with van der Waals surface area (Å²) in [6.07, 6.45) is 0. The molecule has 17 heavy (non-hydrogen) atoms. The molecule has 2 rings (SSSR count). The largest absolute Gasteiger partial charge is 0.482 e. The van der Waals surface area contributed by atoms with Gasteiger partial charge in [-0.15, -0.1) is 0 Å². The molecule has 0 bridgehead atoms. The van der Waals surface area contributed by atoms with Crippen LogP contribution in [-0.2, 0) is 4.79 Å². The number of fused-ring (bicyclic) bond motifs is 1. The molecule has 0 unspecified atom stereocenters. The van der Waals surface area contributed by atoms with Gasteiger partial charge in [0.05, 0.1) is 5.69 Å². The van der Waals surface area contributed by atoms with Crippen molar-refractivity contribution in [2.45, 2.75) is 39.7 Å². The maximum atomic E-state index is 11.8. The van der Waals surface area contributed by atoms with Crippen molar-refractivity contribution < 1.29 is 9.53 Å². The van der Waals surface area contributed by atoms with E-state index in [1.54, 1.807) is 0 Å². The van der Waals surface area contributed by atoms with Gasteiger partial charge in [0.2, 0.25) is 0 Å². The molecule has 1 aliphatic heterocycles. The number of benzene rings is 1. The molecule has 0 N–H and O–H groups in total. The number of anilines is 1. The van der Waals surface area contributed by atoms with Crippen molar-refractivity contribution in [3.05, 3.63) is 23.8 Å². The molecule has 0 aliphatic carbocycles. The van der Waals surface area contributed by atoms with Gasteiger partial charge in [-0.25, -0.2) is 0 Å². The number of nitrogens with zero attached hydrogens (tertiary/aromatic N) is 1. The molecule has 0 radical (unpaired) electrons. The van der Waals surface area contributed by atoms with Crippen LogP contribution in [0.4, 0.5) is 5.69 Å². The lowest BCUT2D eigenvalue weighted by Gasteiger charge is -2.32. The van der Waals surface area contributed by atoms with E-state index in [-0.39, 0.29) is 18.6 Å². The van der Waals surface area contributed by atoms with Crippen LogP contribution in [0.2, 0.25) is 0 Å². The van der Waals surface area contributed by atoms with Crippen molar-refractivity contribution in [3.63, 3.8) is 0 Å². The van der Waals surface area contributed by atoms with E-state index in [0.717, 1.165) is 11.4 Å². The van der Waals surface area contributed by atoms with E-state index < -0.39 is 0 Å². The molecule has 0 fully saturated rings. The number of ether oxygens (including phenoxy) is 1. The van der Waals surface area contributed by atoms with Gasteiger partial charge in [0.15, 0.2) is 6.61 Å². The Morgan fingerprint density at radius 3 is 2.53 bits per heavy atom. The van der Waals surface area contributed by atoms with Crippen LogP contribution in [0.3, 0.4) is 0 Å². The van der Waals surface area contributed by atoms with Gasteiger partial charge in [-0.05, 0) is 37.5 Å². The van der Waals surface area contributed by atoms with Crippen LogP contribution in [-0.4, -0.2) is 18.6 Å². The summed E-state index contributed by atoms with van der Waals surface area (Å²) in [4.78, 5) is 13.6. The second-order valence-electron chi connectivity index (χ2n) is 5.03. The van der Waals surface area contributed by atoms with E-state index >= 15 is 0 Å². The first kappa shape index (κ1) is 12.0. The molecule has 3 heteroatoms. The van der Waals surface area contributed by atoms with Gasteiger partial charge >= 0.3 is 0 Å². The van der Waals surface area contributed by atoms with E-state index in [1.165, 1.54) is 5.56 Å². The summed E-state index contributed by atoms with van der Waals surface area (Å²) < 4.78 is 5.52. The number of hydrogen-bond acceptors (Lipinski definition) is 2. The van der Waals surface area contributed by atoms with Crippen LogP contribution >= 0.6 is 0 Å². The highest BCUT2D eigenvalue weighted by Gasteiger charge is 2.27. The van der Waals surface area contributed by atoms with Crippen molar-refractivity contribution in [2.24, 2.45) is 0 Å². The summed E-state index contributed by atoms with van der Waals surface area (Å²) >= 11 is 0. The van der Waals surface area contributed by atoms with Gasteiger partial charge in [-0.2, -0.15) is 0 Å². The van der Waals surface area contributed by atoms with E-state index in [9.17, 15) is 4.79 Å². The summed E-state index contributed by atoms with van der Waals surface area (Å²) in [6.45, 7) is 8.48. The number of carbonyl (C=O) groups excluding carboxylic acids is 1. The lowest BCUT2D eigenvalue weighted by atomic mass is 10.0. The number of hydrogen-bond donors (Lipinski definition) is 0. The second-order valence-corrected chi connectivity index (χ2v) is 5.03. The fourth-order valence-corrected chi connectivity index (χ4v) is 2.11. The molecular weight excluding hydrogens is 214 g/mol. The first-order chi connectivity index (χ1) is 8.00. The van der Waals surface area contributed by atoms with Crippen molar-refractivity contribution in [1.82, 2.24) is 0 Å². The molecule has 1 aliphatic rings. The van der Waals surface area contributed by atoms with Gasteiger partial charge < -0.3 is 9.64 Å². The fourth-order valence-electron chi connectivity index (χ4n) is 2.11. The molecule has 92 valence electrons. The molecule has 1 aromatic rings. The minimum absolute atomic E-state index is 0.0322. The predicted molar refractivity (Wildman–Crippen MR) is 68.6 cm³/mol. The fraction of sp³-hybridized carbons (Fsp3) is 0.500. The van der Waals surface area contributed by atoms with E-state index in [1.807, 2.05) is 30.9 Å². The Bertz CT molecular complexity index is 438. The zero-order valence-corrected chi connectivity index (χ0v) is 10.9. The summed E-state index contributed by atoms with van der Waals surface area (Å²) in [5.74, 6) is 1.32. The molecule has 0 saturated heterocycles. The summed E-state index contributed by atoms with van der Waals surface area (Å²) in [6, 6.07) is 6.26. The van der Waals surface area contributed by atoms with Gasteiger partial charge in [-0.1, -0.05) is 19.9 Å². The van der Waals surface area contributed by atoms with Gasteiger partial charge in [0.25, 0.3) is 5.91 Å². The molecule has 3 nitrogen and oxygen atoms in total. The monoisotopic (exact) mass is 233 g/mol. The Labute approximate surface area is 102 Å². The Kier molecular flexibility index (Phi) is 3.09. The highest BCUT2D eigenvalue weighted by atomic mass is 16.5. The minimum Gasteiger partial charge on any atom is -0.482 e. The van der Waals surface area contributed by atoms with E-state index in [0.29, 0.717) is 5.92 Å². The highest BCUT2D eigenvalue weighted by molar-refractivity contribution is 5.98. The van der Waals surface area contributed by atoms with E-state index in [4.69, 9.17) is 4.74 Å².